The number of nitrogens with two attached hydrogens (primary N) is 1. The van der Waals surface area contributed by atoms with Gasteiger partial charge in [-0.2, -0.15) is 11.8 Å². The zero-order chi connectivity index (χ0) is 11.2. The third-order valence-corrected chi connectivity index (χ3v) is 4.00. The first kappa shape index (κ1) is 11.8. The van der Waals surface area contributed by atoms with Gasteiger partial charge in [-0.05, 0) is 41.9 Å². The molecule has 2 nitrogen and oxygen atoms in total. The number of thioether (sulfide) groups is 1. The lowest BCUT2D eigenvalue weighted by molar-refractivity contribution is 0.322. The Morgan fingerprint density at radius 1 is 1.25 bits per heavy atom. The second-order valence-corrected chi connectivity index (χ2v) is 5.29. The Morgan fingerprint density at radius 3 is 2.75 bits per heavy atom. The summed E-state index contributed by atoms with van der Waals surface area (Å²) >= 11 is 2.06. The molecule has 2 N–H and O–H groups in total. The van der Waals surface area contributed by atoms with Crippen molar-refractivity contribution in [1.29, 1.82) is 0 Å². The van der Waals surface area contributed by atoms with E-state index in [0.29, 0.717) is 19.1 Å². The Hall–Kier alpha value is -0.670. The lowest BCUT2D eigenvalue weighted by Crippen LogP contribution is -2.14. The van der Waals surface area contributed by atoms with Crippen molar-refractivity contribution in [1.82, 2.24) is 0 Å². The topological polar surface area (TPSA) is 35.2 Å². The molecule has 3 heteroatoms. The van der Waals surface area contributed by atoms with Gasteiger partial charge in [0.25, 0.3) is 0 Å². The van der Waals surface area contributed by atoms with Crippen LogP contribution in [0, 0.1) is 0 Å². The van der Waals surface area contributed by atoms with Crippen molar-refractivity contribution in [2.45, 2.75) is 18.8 Å². The van der Waals surface area contributed by atoms with Crippen LogP contribution >= 0.6 is 11.8 Å². The van der Waals surface area contributed by atoms with E-state index in [2.05, 4.69) is 30.0 Å². The maximum absolute atomic E-state index is 5.71. The van der Waals surface area contributed by atoms with Crippen molar-refractivity contribution in [2.75, 3.05) is 24.7 Å². The minimum absolute atomic E-state index is 0.578. The summed E-state index contributed by atoms with van der Waals surface area (Å²) in [5.41, 5.74) is 6.85. The first-order chi connectivity index (χ1) is 7.92. The number of rotatable bonds is 4. The molecule has 1 aliphatic heterocycles. The molecule has 0 unspecified atom stereocenters. The quantitative estimate of drug-likeness (QED) is 0.874. The maximum atomic E-state index is 5.71. The van der Waals surface area contributed by atoms with Crippen molar-refractivity contribution in [3.05, 3.63) is 29.8 Å². The molecule has 0 atom stereocenters. The van der Waals surface area contributed by atoms with E-state index in [1.165, 1.54) is 29.9 Å². The summed E-state index contributed by atoms with van der Waals surface area (Å²) in [5.74, 6) is 4.26. The normalized spacial score (nSPS) is 17.3. The molecule has 1 heterocycles. The largest absolute Gasteiger partial charge is 0.492 e. The standard InChI is InChI=1S/C13H19NOS/c14-7-8-15-13-4-2-1-3-12(13)11-5-9-16-10-6-11/h1-4,11H,5-10,14H2. The predicted molar refractivity (Wildman–Crippen MR) is 70.3 cm³/mol. The summed E-state index contributed by atoms with van der Waals surface area (Å²) in [4.78, 5) is 0. The molecule has 0 saturated carbocycles. The molecule has 0 aromatic heterocycles. The summed E-state index contributed by atoms with van der Waals surface area (Å²) in [7, 11) is 0. The minimum atomic E-state index is 0.578. The van der Waals surface area contributed by atoms with E-state index in [1.807, 2.05) is 6.07 Å². The summed E-state index contributed by atoms with van der Waals surface area (Å²) in [6.45, 7) is 1.19. The van der Waals surface area contributed by atoms with E-state index < -0.39 is 0 Å². The van der Waals surface area contributed by atoms with Crippen molar-refractivity contribution >= 4 is 11.8 Å². The molecule has 1 aliphatic rings. The Balaban J connectivity index is 2.11. The Kier molecular flexibility index (Phi) is 4.55. The predicted octanol–water partition coefficient (Wildman–Crippen LogP) is 2.63. The Morgan fingerprint density at radius 2 is 2.00 bits per heavy atom. The fraction of sp³-hybridized carbons (Fsp3) is 0.538. The molecule has 1 aromatic rings. The van der Waals surface area contributed by atoms with Gasteiger partial charge in [-0.15, -0.1) is 0 Å². The van der Waals surface area contributed by atoms with Crippen molar-refractivity contribution in [3.8, 4) is 5.75 Å². The van der Waals surface area contributed by atoms with Crippen LogP contribution in [-0.4, -0.2) is 24.7 Å². The summed E-state index contributed by atoms with van der Waals surface area (Å²) in [5, 5.41) is 0. The second kappa shape index (κ2) is 6.16. The molecule has 0 aliphatic carbocycles. The molecule has 0 radical (unpaired) electrons. The van der Waals surface area contributed by atoms with Crippen LogP contribution in [0.1, 0.15) is 24.3 Å². The first-order valence-corrected chi connectivity index (χ1v) is 7.07. The monoisotopic (exact) mass is 237 g/mol. The maximum Gasteiger partial charge on any atom is 0.122 e. The van der Waals surface area contributed by atoms with Gasteiger partial charge in [-0.3, -0.25) is 0 Å². The Labute approximate surface area is 102 Å². The number of ether oxygens (including phenoxy) is 1. The molecular weight excluding hydrogens is 218 g/mol. The SMILES string of the molecule is NCCOc1ccccc1C1CCSCC1. The molecule has 2 rings (SSSR count). The van der Waals surface area contributed by atoms with E-state index in [1.54, 1.807) is 0 Å². The van der Waals surface area contributed by atoms with Crippen LogP contribution in [0.25, 0.3) is 0 Å². The minimum Gasteiger partial charge on any atom is -0.492 e. The van der Waals surface area contributed by atoms with Crippen LogP contribution in [0.15, 0.2) is 24.3 Å². The Bertz CT molecular complexity index is 323. The third-order valence-electron chi connectivity index (χ3n) is 2.96. The van der Waals surface area contributed by atoms with Gasteiger partial charge in [0.15, 0.2) is 0 Å². The smallest absolute Gasteiger partial charge is 0.122 e. The van der Waals surface area contributed by atoms with Gasteiger partial charge in [0.2, 0.25) is 0 Å². The number of benzene rings is 1. The molecule has 1 fully saturated rings. The van der Waals surface area contributed by atoms with Crippen LogP contribution in [0.4, 0.5) is 0 Å². The van der Waals surface area contributed by atoms with Crippen molar-refractivity contribution < 1.29 is 4.74 Å². The second-order valence-electron chi connectivity index (χ2n) is 4.06. The van der Waals surface area contributed by atoms with Crippen LogP contribution in [0.2, 0.25) is 0 Å². The van der Waals surface area contributed by atoms with Crippen LogP contribution in [0.5, 0.6) is 5.75 Å². The summed E-state index contributed by atoms with van der Waals surface area (Å²) in [6.07, 6.45) is 2.54. The lowest BCUT2D eigenvalue weighted by atomic mass is 9.93. The average molecular weight is 237 g/mol. The van der Waals surface area contributed by atoms with Crippen LogP contribution in [0.3, 0.4) is 0 Å². The van der Waals surface area contributed by atoms with E-state index in [0.717, 1.165) is 5.75 Å². The van der Waals surface area contributed by atoms with Gasteiger partial charge in [0.05, 0.1) is 0 Å². The summed E-state index contributed by atoms with van der Waals surface area (Å²) < 4.78 is 5.71. The number of hydrogen-bond acceptors (Lipinski definition) is 3. The molecule has 88 valence electrons. The highest BCUT2D eigenvalue weighted by atomic mass is 32.2. The summed E-state index contributed by atoms with van der Waals surface area (Å²) in [6, 6.07) is 8.40. The van der Waals surface area contributed by atoms with E-state index in [9.17, 15) is 0 Å². The van der Waals surface area contributed by atoms with Gasteiger partial charge < -0.3 is 10.5 Å². The first-order valence-electron chi connectivity index (χ1n) is 5.91. The fourth-order valence-electron chi connectivity index (χ4n) is 2.13. The average Bonchev–Trinajstić information content (AvgIpc) is 2.38. The number of para-hydroxylation sites is 1. The van der Waals surface area contributed by atoms with E-state index in [-0.39, 0.29) is 0 Å². The fourth-order valence-corrected chi connectivity index (χ4v) is 3.23. The molecule has 16 heavy (non-hydrogen) atoms. The molecule has 0 amide bonds. The van der Waals surface area contributed by atoms with Gasteiger partial charge in [0, 0.05) is 6.54 Å². The molecular formula is C13H19NOS. The van der Waals surface area contributed by atoms with Crippen LogP contribution < -0.4 is 10.5 Å². The van der Waals surface area contributed by atoms with Gasteiger partial charge in [-0.1, -0.05) is 18.2 Å². The highest BCUT2D eigenvalue weighted by Crippen LogP contribution is 2.36. The highest BCUT2D eigenvalue weighted by molar-refractivity contribution is 7.99. The van der Waals surface area contributed by atoms with Crippen molar-refractivity contribution in [3.63, 3.8) is 0 Å². The van der Waals surface area contributed by atoms with Gasteiger partial charge >= 0.3 is 0 Å². The van der Waals surface area contributed by atoms with Crippen molar-refractivity contribution in [2.24, 2.45) is 5.73 Å². The van der Waals surface area contributed by atoms with Gasteiger partial charge in [-0.25, -0.2) is 0 Å². The van der Waals surface area contributed by atoms with Gasteiger partial charge in [0.1, 0.15) is 12.4 Å². The zero-order valence-corrected chi connectivity index (χ0v) is 10.3. The molecule has 0 spiro atoms. The highest BCUT2D eigenvalue weighted by Gasteiger charge is 2.18. The van der Waals surface area contributed by atoms with E-state index >= 15 is 0 Å². The lowest BCUT2D eigenvalue weighted by Gasteiger charge is -2.23. The third kappa shape index (κ3) is 2.92. The molecule has 1 aromatic carbocycles. The number of hydrogen-bond donors (Lipinski definition) is 1. The van der Waals surface area contributed by atoms with Crippen LogP contribution in [-0.2, 0) is 0 Å². The zero-order valence-electron chi connectivity index (χ0n) is 9.52. The van der Waals surface area contributed by atoms with E-state index in [4.69, 9.17) is 10.5 Å². The molecule has 0 bridgehead atoms. The molecule has 1 saturated heterocycles.